The Morgan fingerprint density at radius 1 is 1.05 bits per heavy atom. The Morgan fingerprint density at radius 2 is 1.55 bits per heavy atom. The van der Waals surface area contributed by atoms with Crippen molar-refractivity contribution in [2.75, 3.05) is 23.8 Å². The molecule has 1 amide bonds. The quantitative estimate of drug-likeness (QED) is 0.630. The van der Waals surface area contributed by atoms with Gasteiger partial charge in [-0.05, 0) is 52.2 Å². The highest BCUT2D eigenvalue weighted by Gasteiger charge is 2.44. The van der Waals surface area contributed by atoms with E-state index >= 15 is 0 Å². The van der Waals surface area contributed by atoms with Crippen LogP contribution in [0.3, 0.4) is 0 Å². The van der Waals surface area contributed by atoms with Crippen molar-refractivity contribution in [3.63, 3.8) is 0 Å². The van der Waals surface area contributed by atoms with Gasteiger partial charge in [-0.25, -0.2) is 0 Å². The Morgan fingerprint density at radius 3 is 1.95 bits per heavy atom. The SMILES string of the molecule is CCCC(C(=O)Nc1c(C)cccc1C)[P+](CC)(CC)CC. The second kappa shape index (κ2) is 8.67. The number of carbonyl (C=O) groups is 1. The van der Waals surface area contributed by atoms with Gasteiger partial charge in [-0.2, -0.15) is 0 Å². The van der Waals surface area contributed by atoms with Gasteiger partial charge < -0.3 is 5.32 Å². The summed E-state index contributed by atoms with van der Waals surface area (Å²) >= 11 is 0. The van der Waals surface area contributed by atoms with Crippen LogP contribution in [0.4, 0.5) is 5.69 Å². The molecule has 0 saturated carbocycles. The minimum absolute atomic E-state index is 0.205. The summed E-state index contributed by atoms with van der Waals surface area (Å²) in [5, 5.41) is 3.26. The number of para-hydroxylation sites is 1. The molecule has 1 rings (SSSR count). The van der Waals surface area contributed by atoms with Gasteiger partial charge in [0.05, 0.1) is 18.5 Å². The molecule has 0 spiro atoms. The second-order valence-electron chi connectivity index (χ2n) is 6.23. The number of carbonyl (C=O) groups excluding carboxylic acids is 1. The molecule has 1 aromatic rings. The molecular formula is C19H33NOP+. The molecule has 0 aliphatic carbocycles. The summed E-state index contributed by atoms with van der Waals surface area (Å²) in [6.07, 6.45) is 5.60. The second-order valence-corrected chi connectivity index (χ2v) is 11.2. The topological polar surface area (TPSA) is 29.1 Å². The number of hydrogen-bond acceptors (Lipinski definition) is 1. The Kier molecular flexibility index (Phi) is 7.56. The molecule has 0 fully saturated rings. The predicted molar refractivity (Wildman–Crippen MR) is 102 cm³/mol. The van der Waals surface area contributed by atoms with E-state index in [-0.39, 0.29) is 11.6 Å². The highest BCUT2D eigenvalue weighted by Crippen LogP contribution is 2.63. The molecule has 1 atom stereocenters. The van der Waals surface area contributed by atoms with Crippen LogP contribution >= 0.6 is 7.26 Å². The molecule has 0 aliphatic rings. The van der Waals surface area contributed by atoms with Crippen LogP contribution in [0, 0.1) is 13.8 Å². The van der Waals surface area contributed by atoms with E-state index < -0.39 is 7.26 Å². The first kappa shape index (κ1) is 19.2. The standard InChI is InChI=1S/C19H32NOP/c1-7-12-17(22(8-2,9-3)10-4)19(21)20-18-15(5)13-11-14-16(18)6/h11,13-14,17H,7-10,12H2,1-6H3/p+1. The summed E-state index contributed by atoms with van der Waals surface area (Å²) in [4.78, 5) is 13.0. The fourth-order valence-electron chi connectivity index (χ4n) is 3.48. The largest absolute Gasteiger partial charge is 0.322 e. The maximum atomic E-state index is 13.0. The monoisotopic (exact) mass is 322 g/mol. The van der Waals surface area contributed by atoms with Crippen LogP contribution in [0.1, 0.15) is 51.7 Å². The molecule has 22 heavy (non-hydrogen) atoms. The van der Waals surface area contributed by atoms with Crippen molar-refractivity contribution in [3.05, 3.63) is 29.3 Å². The zero-order valence-corrected chi connectivity index (χ0v) is 16.1. The molecule has 2 nitrogen and oxygen atoms in total. The van der Waals surface area contributed by atoms with E-state index in [2.05, 4.69) is 59.0 Å². The summed E-state index contributed by atoms with van der Waals surface area (Å²) < 4.78 is 0. The van der Waals surface area contributed by atoms with E-state index in [4.69, 9.17) is 0 Å². The summed E-state index contributed by atoms with van der Waals surface area (Å²) in [5.41, 5.74) is 3.51. The Balaban J connectivity index is 3.09. The Bertz CT molecular complexity index is 466. The third kappa shape index (κ3) is 4.10. The number of amides is 1. The molecule has 0 aliphatic heterocycles. The number of aryl methyl sites for hydroxylation is 2. The van der Waals surface area contributed by atoms with Gasteiger partial charge in [0, 0.05) is 12.9 Å². The van der Waals surface area contributed by atoms with Crippen molar-refractivity contribution in [2.45, 2.75) is 60.0 Å². The number of hydrogen-bond donors (Lipinski definition) is 1. The van der Waals surface area contributed by atoms with Gasteiger partial charge in [-0.3, -0.25) is 4.79 Å². The molecule has 1 unspecified atom stereocenters. The third-order valence-corrected chi connectivity index (χ3v) is 10.7. The number of rotatable bonds is 8. The number of anilines is 1. The van der Waals surface area contributed by atoms with Crippen molar-refractivity contribution in [2.24, 2.45) is 0 Å². The maximum Gasteiger partial charge on any atom is 0.265 e. The molecule has 0 bridgehead atoms. The lowest BCUT2D eigenvalue weighted by Gasteiger charge is -2.32. The van der Waals surface area contributed by atoms with E-state index in [9.17, 15) is 4.79 Å². The lowest BCUT2D eigenvalue weighted by atomic mass is 10.1. The van der Waals surface area contributed by atoms with E-state index in [0.29, 0.717) is 0 Å². The minimum atomic E-state index is -1.20. The van der Waals surface area contributed by atoms with E-state index in [1.807, 2.05) is 6.07 Å². The molecule has 0 aromatic heterocycles. The molecule has 0 saturated heterocycles. The Labute approximate surface area is 137 Å². The first-order chi connectivity index (χ1) is 10.5. The summed E-state index contributed by atoms with van der Waals surface area (Å²) in [7, 11) is -1.20. The average Bonchev–Trinajstić information content (AvgIpc) is 2.52. The Hall–Kier alpha value is -0.880. The zero-order valence-electron chi connectivity index (χ0n) is 15.2. The molecule has 3 heteroatoms. The van der Waals surface area contributed by atoms with Crippen molar-refractivity contribution in [3.8, 4) is 0 Å². The zero-order chi connectivity index (χ0) is 16.8. The lowest BCUT2D eigenvalue weighted by Crippen LogP contribution is -2.33. The van der Waals surface area contributed by atoms with Gasteiger partial charge >= 0.3 is 0 Å². The third-order valence-electron chi connectivity index (χ3n) is 5.14. The van der Waals surface area contributed by atoms with Crippen LogP contribution in [0.5, 0.6) is 0 Å². The minimum Gasteiger partial charge on any atom is -0.322 e. The maximum absolute atomic E-state index is 13.0. The predicted octanol–water partition coefficient (Wildman–Crippen LogP) is 5.49. The molecule has 124 valence electrons. The first-order valence-corrected chi connectivity index (χ1v) is 11.1. The lowest BCUT2D eigenvalue weighted by molar-refractivity contribution is -0.116. The average molecular weight is 322 g/mol. The molecule has 0 heterocycles. The van der Waals surface area contributed by atoms with Gasteiger partial charge in [0.25, 0.3) is 5.91 Å². The van der Waals surface area contributed by atoms with Gasteiger partial charge in [0.2, 0.25) is 0 Å². The number of nitrogens with one attached hydrogen (secondary N) is 1. The van der Waals surface area contributed by atoms with Crippen LogP contribution in [0.25, 0.3) is 0 Å². The fraction of sp³-hybridized carbons (Fsp3) is 0.632. The molecule has 1 aromatic carbocycles. The highest BCUT2D eigenvalue weighted by atomic mass is 31.2. The summed E-state index contributed by atoms with van der Waals surface area (Å²) in [6, 6.07) is 6.18. The van der Waals surface area contributed by atoms with Crippen molar-refractivity contribution < 1.29 is 4.79 Å². The van der Waals surface area contributed by atoms with Crippen LogP contribution < -0.4 is 5.32 Å². The fourth-order valence-corrected chi connectivity index (χ4v) is 7.51. The van der Waals surface area contributed by atoms with Crippen LogP contribution in [0.15, 0.2) is 18.2 Å². The van der Waals surface area contributed by atoms with Crippen LogP contribution in [-0.2, 0) is 4.79 Å². The first-order valence-electron chi connectivity index (χ1n) is 8.68. The van der Waals surface area contributed by atoms with E-state index in [1.54, 1.807) is 0 Å². The van der Waals surface area contributed by atoms with Gasteiger partial charge in [-0.15, -0.1) is 0 Å². The number of benzene rings is 1. The molecular weight excluding hydrogens is 289 g/mol. The summed E-state index contributed by atoms with van der Waals surface area (Å²) in [6.45, 7) is 13.1. The van der Waals surface area contributed by atoms with E-state index in [1.165, 1.54) is 18.5 Å². The van der Waals surface area contributed by atoms with Gasteiger partial charge in [0.1, 0.15) is 5.66 Å². The van der Waals surface area contributed by atoms with Gasteiger partial charge in [-0.1, -0.05) is 31.5 Å². The van der Waals surface area contributed by atoms with Crippen molar-refractivity contribution in [1.82, 2.24) is 0 Å². The van der Waals surface area contributed by atoms with Gasteiger partial charge in [0.15, 0.2) is 0 Å². The van der Waals surface area contributed by atoms with Crippen LogP contribution in [-0.4, -0.2) is 30.1 Å². The van der Waals surface area contributed by atoms with E-state index in [0.717, 1.165) is 29.7 Å². The smallest absolute Gasteiger partial charge is 0.265 e. The summed E-state index contributed by atoms with van der Waals surface area (Å²) in [5.74, 6) is 0.248. The molecule has 0 radical (unpaired) electrons. The normalized spacial score (nSPS) is 13.0. The van der Waals surface area contributed by atoms with Crippen LogP contribution in [0.2, 0.25) is 0 Å². The van der Waals surface area contributed by atoms with Crippen molar-refractivity contribution >= 4 is 18.9 Å². The highest BCUT2D eigenvalue weighted by molar-refractivity contribution is 7.77. The van der Waals surface area contributed by atoms with Crippen molar-refractivity contribution in [1.29, 1.82) is 0 Å². The molecule has 1 N–H and O–H groups in total.